The first kappa shape index (κ1) is 22.4. The minimum Gasteiger partial charge on any atom is -0.369 e. The Morgan fingerprint density at radius 1 is 1.16 bits per heavy atom. The summed E-state index contributed by atoms with van der Waals surface area (Å²) in [4.78, 5) is 35.3. The summed E-state index contributed by atoms with van der Waals surface area (Å²) < 4.78 is 5.46. The molecule has 2 aromatic rings. The predicted octanol–water partition coefficient (Wildman–Crippen LogP) is 1.28. The summed E-state index contributed by atoms with van der Waals surface area (Å²) in [7, 11) is 0. The van der Waals surface area contributed by atoms with E-state index in [1.807, 2.05) is 38.1 Å². The van der Waals surface area contributed by atoms with Crippen molar-refractivity contribution >= 4 is 11.8 Å². The lowest BCUT2D eigenvalue weighted by Crippen LogP contribution is -2.56. The maximum Gasteiger partial charge on any atom is 0.241 e. The summed E-state index contributed by atoms with van der Waals surface area (Å²) in [5, 5.41) is 4.11. The molecular formula is C23H32N6O3. The molecule has 0 bridgehead atoms. The molecule has 2 fully saturated rings. The lowest BCUT2D eigenvalue weighted by molar-refractivity contribution is -0.140. The molecule has 9 heteroatoms. The van der Waals surface area contributed by atoms with Crippen LogP contribution in [0.5, 0.6) is 0 Å². The van der Waals surface area contributed by atoms with Gasteiger partial charge in [-0.25, -0.2) is 0 Å². The van der Waals surface area contributed by atoms with E-state index in [0.717, 1.165) is 44.6 Å². The first-order valence-corrected chi connectivity index (χ1v) is 11.3. The van der Waals surface area contributed by atoms with Crippen molar-refractivity contribution in [3.8, 4) is 11.4 Å². The zero-order valence-corrected chi connectivity index (χ0v) is 18.9. The van der Waals surface area contributed by atoms with E-state index in [1.165, 1.54) is 5.56 Å². The molecule has 0 spiro atoms. The highest BCUT2D eigenvalue weighted by Gasteiger charge is 2.33. The summed E-state index contributed by atoms with van der Waals surface area (Å²) in [5.74, 6) is 0.757. The van der Waals surface area contributed by atoms with E-state index < -0.39 is 0 Å². The summed E-state index contributed by atoms with van der Waals surface area (Å²) in [6, 6.07) is 7.85. The second-order valence-electron chi connectivity index (χ2n) is 8.89. The molecule has 2 saturated heterocycles. The number of likely N-dealkylation sites (tertiary alicyclic amines) is 1. The molecule has 172 valence electrons. The van der Waals surface area contributed by atoms with Crippen LogP contribution in [0.15, 0.2) is 28.8 Å². The number of piperidine rings is 1. The van der Waals surface area contributed by atoms with Crippen molar-refractivity contribution in [1.82, 2.24) is 24.8 Å². The van der Waals surface area contributed by atoms with Gasteiger partial charge in [-0.3, -0.25) is 19.4 Å². The van der Waals surface area contributed by atoms with Crippen LogP contribution in [0.4, 0.5) is 0 Å². The Morgan fingerprint density at radius 3 is 2.56 bits per heavy atom. The molecule has 2 amide bonds. The highest BCUT2D eigenvalue weighted by Crippen LogP contribution is 2.20. The van der Waals surface area contributed by atoms with Crippen molar-refractivity contribution in [3.05, 3.63) is 35.7 Å². The molecule has 2 aliphatic rings. The van der Waals surface area contributed by atoms with Crippen LogP contribution in [0.2, 0.25) is 0 Å². The number of aryl methyl sites for hydroxylation is 1. The molecule has 0 aliphatic carbocycles. The van der Waals surface area contributed by atoms with Crippen molar-refractivity contribution in [2.75, 3.05) is 39.3 Å². The van der Waals surface area contributed by atoms with Crippen LogP contribution in [-0.2, 0) is 16.1 Å². The molecule has 2 aliphatic heterocycles. The maximum atomic E-state index is 13.0. The van der Waals surface area contributed by atoms with E-state index in [9.17, 15) is 9.59 Å². The van der Waals surface area contributed by atoms with Crippen LogP contribution in [-0.4, -0.2) is 82.0 Å². The van der Waals surface area contributed by atoms with Gasteiger partial charge in [-0.05, 0) is 26.7 Å². The molecular weight excluding hydrogens is 408 g/mol. The number of carbonyl (C=O) groups is 2. The number of hydrogen-bond acceptors (Lipinski definition) is 7. The Balaban J connectivity index is 1.27. The topological polar surface area (TPSA) is 109 Å². The first-order valence-electron chi connectivity index (χ1n) is 11.3. The van der Waals surface area contributed by atoms with Crippen LogP contribution in [0, 0.1) is 12.8 Å². The second-order valence-corrected chi connectivity index (χ2v) is 8.89. The number of rotatable bonds is 6. The molecule has 0 saturated carbocycles. The van der Waals surface area contributed by atoms with Crippen LogP contribution in [0.25, 0.3) is 11.4 Å². The SMILES string of the molecule is Cc1ccc(-c2noc(CN3CCN(C(C)C(=O)N4CCCC(C(N)=O)C4)CC3)n2)cc1. The highest BCUT2D eigenvalue weighted by molar-refractivity contribution is 5.83. The van der Waals surface area contributed by atoms with Gasteiger partial charge >= 0.3 is 0 Å². The number of nitrogens with zero attached hydrogens (tertiary/aromatic N) is 5. The first-order chi connectivity index (χ1) is 15.4. The van der Waals surface area contributed by atoms with Gasteiger partial charge in [0.25, 0.3) is 0 Å². The third-order valence-electron chi connectivity index (χ3n) is 6.58. The fourth-order valence-corrected chi connectivity index (χ4v) is 4.47. The zero-order chi connectivity index (χ0) is 22.7. The summed E-state index contributed by atoms with van der Waals surface area (Å²) >= 11 is 0. The van der Waals surface area contributed by atoms with E-state index in [0.29, 0.717) is 31.3 Å². The number of nitrogens with two attached hydrogens (primary N) is 1. The van der Waals surface area contributed by atoms with Crippen molar-refractivity contribution in [3.63, 3.8) is 0 Å². The lowest BCUT2D eigenvalue weighted by Gasteiger charge is -2.40. The number of carbonyl (C=O) groups excluding carboxylic acids is 2. The number of benzene rings is 1. The average Bonchev–Trinajstić information content (AvgIpc) is 3.27. The van der Waals surface area contributed by atoms with E-state index in [1.54, 1.807) is 4.90 Å². The minimum absolute atomic E-state index is 0.0871. The second kappa shape index (κ2) is 9.79. The molecule has 32 heavy (non-hydrogen) atoms. The van der Waals surface area contributed by atoms with Gasteiger partial charge in [-0.15, -0.1) is 0 Å². The molecule has 3 heterocycles. The third kappa shape index (κ3) is 5.16. The molecule has 4 rings (SSSR count). The van der Waals surface area contributed by atoms with Gasteiger partial charge in [0, 0.05) is 44.8 Å². The Hall–Kier alpha value is -2.78. The van der Waals surface area contributed by atoms with Gasteiger partial charge in [-0.1, -0.05) is 35.0 Å². The molecule has 2 N–H and O–H groups in total. The molecule has 0 radical (unpaired) electrons. The van der Waals surface area contributed by atoms with Crippen molar-refractivity contribution in [1.29, 1.82) is 0 Å². The number of piperazine rings is 1. The van der Waals surface area contributed by atoms with Gasteiger partial charge in [0.2, 0.25) is 23.5 Å². The summed E-state index contributed by atoms with van der Waals surface area (Å²) in [6.45, 7) is 8.97. The predicted molar refractivity (Wildman–Crippen MR) is 119 cm³/mol. The number of hydrogen-bond donors (Lipinski definition) is 1. The smallest absolute Gasteiger partial charge is 0.241 e. The van der Waals surface area contributed by atoms with Gasteiger partial charge in [0.05, 0.1) is 18.5 Å². The monoisotopic (exact) mass is 440 g/mol. The molecule has 1 aromatic heterocycles. The minimum atomic E-state index is -0.310. The van der Waals surface area contributed by atoms with Crippen molar-refractivity contribution in [2.24, 2.45) is 11.7 Å². The third-order valence-corrected chi connectivity index (χ3v) is 6.58. The number of amides is 2. The van der Waals surface area contributed by atoms with Gasteiger partial charge in [-0.2, -0.15) is 4.98 Å². The molecule has 9 nitrogen and oxygen atoms in total. The number of primary amides is 1. The van der Waals surface area contributed by atoms with Gasteiger partial charge in [0.15, 0.2) is 0 Å². The van der Waals surface area contributed by atoms with Crippen molar-refractivity contribution < 1.29 is 14.1 Å². The summed E-state index contributed by atoms with van der Waals surface area (Å²) in [5.41, 5.74) is 7.59. The standard InChI is InChI=1S/C23H32N6O3/c1-16-5-7-18(8-6-16)22-25-20(32-26-22)15-27-10-12-28(13-11-27)17(2)23(31)29-9-3-4-19(14-29)21(24)30/h5-8,17,19H,3-4,9-15H2,1-2H3,(H2,24,30). The van der Waals surface area contributed by atoms with Crippen molar-refractivity contribution in [2.45, 2.75) is 39.3 Å². The molecule has 1 aromatic carbocycles. The van der Waals surface area contributed by atoms with E-state index >= 15 is 0 Å². The Labute approximate surface area is 188 Å². The van der Waals surface area contributed by atoms with Crippen LogP contribution >= 0.6 is 0 Å². The summed E-state index contributed by atoms with van der Waals surface area (Å²) in [6.07, 6.45) is 1.60. The number of aromatic nitrogens is 2. The maximum absolute atomic E-state index is 13.0. The Bertz CT molecular complexity index is 935. The molecule has 2 atom stereocenters. The quantitative estimate of drug-likeness (QED) is 0.721. The van der Waals surface area contributed by atoms with E-state index in [4.69, 9.17) is 10.3 Å². The van der Waals surface area contributed by atoms with E-state index in [2.05, 4.69) is 19.9 Å². The van der Waals surface area contributed by atoms with Gasteiger partial charge in [0.1, 0.15) is 0 Å². The van der Waals surface area contributed by atoms with Crippen LogP contribution in [0.1, 0.15) is 31.2 Å². The normalized spacial score (nSPS) is 21.4. The molecule has 2 unspecified atom stereocenters. The average molecular weight is 441 g/mol. The Morgan fingerprint density at radius 2 is 1.88 bits per heavy atom. The lowest BCUT2D eigenvalue weighted by atomic mass is 9.97. The van der Waals surface area contributed by atoms with Crippen LogP contribution in [0.3, 0.4) is 0 Å². The fraction of sp³-hybridized carbons (Fsp3) is 0.565. The Kier molecular flexibility index (Phi) is 6.86. The van der Waals surface area contributed by atoms with Gasteiger partial charge < -0.3 is 15.2 Å². The highest BCUT2D eigenvalue weighted by atomic mass is 16.5. The fourth-order valence-electron chi connectivity index (χ4n) is 4.47. The van der Waals surface area contributed by atoms with E-state index in [-0.39, 0.29) is 23.8 Å². The van der Waals surface area contributed by atoms with Crippen LogP contribution < -0.4 is 5.73 Å². The zero-order valence-electron chi connectivity index (χ0n) is 18.9. The largest absolute Gasteiger partial charge is 0.369 e.